The number of para-hydroxylation sites is 1. The minimum atomic E-state index is -0.165. The van der Waals surface area contributed by atoms with E-state index in [0.29, 0.717) is 17.8 Å². The van der Waals surface area contributed by atoms with Crippen molar-refractivity contribution in [2.24, 2.45) is 12.8 Å². The van der Waals surface area contributed by atoms with Gasteiger partial charge in [0, 0.05) is 25.5 Å². The molecule has 0 spiro atoms. The van der Waals surface area contributed by atoms with E-state index in [-0.39, 0.29) is 5.91 Å². The first-order chi connectivity index (χ1) is 8.61. The predicted molar refractivity (Wildman–Crippen MR) is 70.2 cm³/mol. The molecule has 3 N–H and O–H groups in total. The third-order valence-electron chi connectivity index (χ3n) is 2.74. The maximum absolute atomic E-state index is 12.1. The SMILES string of the molecule is Cc1nn(C)cc1C(=O)Nc1ccccc1CN. The van der Waals surface area contributed by atoms with Crippen LogP contribution in [-0.4, -0.2) is 15.7 Å². The monoisotopic (exact) mass is 244 g/mol. The minimum Gasteiger partial charge on any atom is -0.326 e. The minimum absolute atomic E-state index is 0.165. The van der Waals surface area contributed by atoms with Crippen molar-refractivity contribution in [3.8, 4) is 0 Å². The molecule has 18 heavy (non-hydrogen) atoms. The van der Waals surface area contributed by atoms with Gasteiger partial charge in [0.2, 0.25) is 0 Å². The summed E-state index contributed by atoms with van der Waals surface area (Å²) in [7, 11) is 1.79. The van der Waals surface area contributed by atoms with E-state index in [9.17, 15) is 4.79 Å². The lowest BCUT2D eigenvalue weighted by Crippen LogP contribution is -2.14. The Balaban J connectivity index is 2.24. The second-order valence-corrected chi connectivity index (χ2v) is 4.12. The number of rotatable bonds is 3. The number of amides is 1. The number of benzene rings is 1. The van der Waals surface area contributed by atoms with Crippen LogP contribution in [0.1, 0.15) is 21.6 Å². The highest BCUT2D eigenvalue weighted by molar-refractivity contribution is 6.05. The van der Waals surface area contributed by atoms with Gasteiger partial charge in [0.1, 0.15) is 0 Å². The number of carbonyl (C=O) groups excluding carboxylic acids is 1. The van der Waals surface area contributed by atoms with E-state index in [1.807, 2.05) is 31.2 Å². The fourth-order valence-corrected chi connectivity index (χ4v) is 1.83. The van der Waals surface area contributed by atoms with Gasteiger partial charge >= 0.3 is 0 Å². The molecule has 0 aliphatic heterocycles. The molecule has 0 fully saturated rings. The van der Waals surface area contributed by atoms with Crippen LogP contribution in [0.2, 0.25) is 0 Å². The zero-order valence-electron chi connectivity index (χ0n) is 10.5. The van der Waals surface area contributed by atoms with Crippen LogP contribution < -0.4 is 11.1 Å². The van der Waals surface area contributed by atoms with E-state index in [1.165, 1.54) is 0 Å². The number of nitrogens with two attached hydrogens (primary N) is 1. The highest BCUT2D eigenvalue weighted by Gasteiger charge is 2.13. The molecule has 5 heteroatoms. The molecule has 1 aromatic carbocycles. The van der Waals surface area contributed by atoms with Gasteiger partial charge in [-0.1, -0.05) is 18.2 Å². The Bertz CT molecular complexity index is 574. The highest BCUT2D eigenvalue weighted by atomic mass is 16.1. The van der Waals surface area contributed by atoms with Crippen molar-refractivity contribution < 1.29 is 4.79 Å². The summed E-state index contributed by atoms with van der Waals surface area (Å²) in [5, 5.41) is 7.01. The van der Waals surface area contributed by atoms with Crippen molar-refractivity contribution >= 4 is 11.6 Å². The predicted octanol–water partition coefficient (Wildman–Crippen LogP) is 1.44. The second kappa shape index (κ2) is 5.01. The smallest absolute Gasteiger partial charge is 0.259 e. The lowest BCUT2D eigenvalue weighted by Gasteiger charge is -2.08. The molecular weight excluding hydrogens is 228 g/mol. The van der Waals surface area contributed by atoms with E-state index >= 15 is 0 Å². The number of aryl methyl sites for hydroxylation is 2. The molecule has 0 saturated carbocycles. The number of nitrogens with zero attached hydrogens (tertiary/aromatic N) is 2. The molecule has 0 aliphatic carbocycles. The summed E-state index contributed by atoms with van der Waals surface area (Å²) in [4.78, 5) is 12.1. The average Bonchev–Trinajstić information content (AvgIpc) is 2.69. The van der Waals surface area contributed by atoms with Crippen LogP contribution in [0.4, 0.5) is 5.69 Å². The number of hydrogen-bond donors (Lipinski definition) is 2. The third kappa shape index (κ3) is 2.41. The van der Waals surface area contributed by atoms with Crippen molar-refractivity contribution in [3.05, 3.63) is 47.3 Å². The summed E-state index contributed by atoms with van der Waals surface area (Å²) in [5.41, 5.74) is 8.57. The van der Waals surface area contributed by atoms with Crippen molar-refractivity contribution in [1.82, 2.24) is 9.78 Å². The summed E-state index contributed by atoms with van der Waals surface area (Å²) in [6.45, 7) is 2.20. The zero-order chi connectivity index (χ0) is 13.1. The molecule has 0 radical (unpaired) electrons. The van der Waals surface area contributed by atoms with Gasteiger partial charge in [-0.3, -0.25) is 9.48 Å². The molecule has 0 aliphatic rings. The topological polar surface area (TPSA) is 72.9 Å². The van der Waals surface area contributed by atoms with Crippen LogP contribution >= 0.6 is 0 Å². The maximum atomic E-state index is 12.1. The van der Waals surface area contributed by atoms with Crippen molar-refractivity contribution in [2.45, 2.75) is 13.5 Å². The molecule has 0 unspecified atom stereocenters. The highest BCUT2D eigenvalue weighted by Crippen LogP contribution is 2.16. The summed E-state index contributed by atoms with van der Waals surface area (Å²) < 4.78 is 1.62. The van der Waals surface area contributed by atoms with Gasteiger partial charge in [-0.2, -0.15) is 5.10 Å². The lowest BCUT2D eigenvalue weighted by atomic mass is 10.1. The van der Waals surface area contributed by atoms with Crippen LogP contribution in [0.3, 0.4) is 0 Å². The summed E-state index contributed by atoms with van der Waals surface area (Å²) in [5.74, 6) is -0.165. The first-order valence-electron chi connectivity index (χ1n) is 5.71. The van der Waals surface area contributed by atoms with Crippen LogP contribution in [0, 0.1) is 6.92 Å². The quantitative estimate of drug-likeness (QED) is 0.858. The largest absolute Gasteiger partial charge is 0.326 e. The van der Waals surface area contributed by atoms with Gasteiger partial charge in [0.05, 0.1) is 11.3 Å². The molecule has 0 saturated heterocycles. The fourth-order valence-electron chi connectivity index (χ4n) is 1.83. The summed E-state index contributed by atoms with van der Waals surface area (Å²) in [6, 6.07) is 7.50. The average molecular weight is 244 g/mol. The van der Waals surface area contributed by atoms with Crippen LogP contribution in [0.15, 0.2) is 30.5 Å². The molecule has 5 nitrogen and oxygen atoms in total. The number of aromatic nitrogens is 2. The Kier molecular flexibility index (Phi) is 3.43. The third-order valence-corrected chi connectivity index (χ3v) is 2.74. The summed E-state index contributed by atoms with van der Waals surface area (Å²) in [6.07, 6.45) is 1.70. The van der Waals surface area contributed by atoms with E-state index in [2.05, 4.69) is 10.4 Å². The normalized spacial score (nSPS) is 10.4. The Labute approximate surface area is 106 Å². The maximum Gasteiger partial charge on any atom is 0.259 e. The number of nitrogens with one attached hydrogen (secondary N) is 1. The van der Waals surface area contributed by atoms with E-state index in [1.54, 1.807) is 17.9 Å². The Morgan fingerprint density at radius 1 is 1.44 bits per heavy atom. The number of carbonyl (C=O) groups is 1. The standard InChI is InChI=1S/C13H16N4O/c1-9-11(8-17(2)16-9)13(18)15-12-6-4-3-5-10(12)7-14/h3-6,8H,7,14H2,1-2H3,(H,15,18). The molecule has 94 valence electrons. The van der Waals surface area contributed by atoms with Crippen molar-refractivity contribution in [1.29, 1.82) is 0 Å². The second-order valence-electron chi connectivity index (χ2n) is 4.12. The van der Waals surface area contributed by atoms with Gasteiger partial charge in [0.15, 0.2) is 0 Å². The number of hydrogen-bond acceptors (Lipinski definition) is 3. The lowest BCUT2D eigenvalue weighted by molar-refractivity contribution is 0.102. The molecule has 1 amide bonds. The van der Waals surface area contributed by atoms with Crippen molar-refractivity contribution in [2.75, 3.05) is 5.32 Å². The molecule has 2 rings (SSSR count). The van der Waals surface area contributed by atoms with E-state index in [0.717, 1.165) is 11.3 Å². The Morgan fingerprint density at radius 2 is 2.17 bits per heavy atom. The molecular formula is C13H16N4O. The van der Waals surface area contributed by atoms with Gasteiger partial charge < -0.3 is 11.1 Å². The van der Waals surface area contributed by atoms with Gasteiger partial charge in [-0.05, 0) is 18.6 Å². The zero-order valence-corrected chi connectivity index (χ0v) is 10.5. The van der Waals surface area contributed by atoms with E-state index in [4.69, 9.17) is 5.73 Å². The van der Waals surface area contributed by atoms with Crippen LogP contribution in [-0.2, 0) is 13.6 Å². The first kappa shape index (κ1) is 12.3. The Hall–Kier alpha value is -2.14. The summed E-state index contributed by atoms with van der Waals surface area (Å²) >= 11 is 0. The van der Waals surface area contributed by atoms with Crippen molar-refractivity contribution in [3.63, 3.8) is 0 Å². The van der Waals surface area contributed by atoms with Gasteiger partial charge in [-0.25, -0.2) is 0 Å². The molecule has 0 atom stereocenters. The molecule has 0 bridgehead atoms. The van der Waals surface area contributed by atoms with Crippen LogP contribution in [0.25, 0.3) is 0 Å². The van der Waals surface area contributed by atoms with Gasteiger partial charge in [-0.15, -0.1) is 0 Å². The first-order valence-corrected chi connectivity index (χ1v) is 5.71. The number of anilines is 1. The molecule has 2 aromatic rings. The molecule has 1 aromatic heterocycles. The van der Waals surface area contributed by atoms with Crippen LogP contribution in [0.5, 0.6) is 0 Å². The fraction of sp³-hybridized carbons (Fsp3) is 0.231. The van der Waals surface area contributed by atoms with Gasteiger partial charge in [0.25, 0.3) is 5.91 Å². The van der Waals surface area contributed by atoms with E-state index < -0.39 is 0 Å². The Morgan fingerprint density at radius 3 is 2.78 bits per heavy atom. The molecule has 1 heterocycles.